The van der Waals surface area contributed by atoms with Gasteiger partial charge in [0, 0.05) is 13.1 Å². The smallest absolute Gasteiger partial charge is 0.157 e. The molecule has 1 saturated carbocycles. The molecule has 0 bridgehead atoms. The summed E-state index contributed by atoms with van der Waals surface area (Å²) in [4.78, 5) is 11.9. The number of hydrogen-bond acceptors (Lipinski definition) is 6. The lowest BCUT2D eigenvalue weighted by Crippen LogP contribution is -2.46. The largest absolute Gasteiger partial charge is 0.355 e. The minimum absolute atomic E-state index is 0.238. The molecule has 0 amide bonds. The van der Waals surface area contributed by atoms with Crippen molar-refractivity contribution >= 4 is 37.2 Å². The molecule has 2 fully saturated rings. The minimum atomic E-state index is -3.00. The van der Waals surface area contributed by atoms with Crippen LogP contribution in [0.4, 0.5) is 5.82 Å². The number of rotatable bonds is 1. The van der Waals surface area contributed by atoms with Gasteiger partial charge >= 0.3 is 0 Å². The van der Waals surface area contributed by atoms with E-state index in [0.717, 1.165) is 48.3 Å². The summed E-state index contributed by atoms with van der Waals surface area (Å²) in [6.45, 7) is 3.36. The Kier molecular flexibility index (Phi) is 3.20. The first-order chi connectivity index (χ1) is 10.5. The van der Waals surface area contributed by atoms with Crippen LogP contribution in [0.15, 0.2) is 11.7 Å². The standard InChI is InChI=1S/C15H19N3O2S2/c1-11-9-21-14-12(11)13(16-10-17-14)18-6-5-15(3-2-4-15)22(19,20)8-7-18/h9-10H,2-8H2,1H3. The molecule has 2 aromatic rings. The van der Waals surface area contributed by atoms with Crippen LogP contribution in [-0.2, 0) is 9.84 Å². The molecule has 1 aliphatic heterocycles. The maximum absolute atomic E-state index is 12.6. The Balaban J connectivity index is 1.73. The van der Waals surface area contributed by atoms with E-state index in [9.17, 15) is 8.42 Å². The second-order valence-corrected chi connectivity index (χ2v) is 9.75. The van der Waals surface area contributed by atoms with Crippen LogP contribution in [0.5, 0.6) is 0 Å². The van der Waals surface area contributed by atoms with E-state index in [4.69, 9.17) is 0 Å². The van der Waals surface area contributed by atoms with Crippen LogP contribution in [0, 0.1) is 6.92 Å². The highest BCUT2D eigenvalue weighted by molar-refractivity contribution is 7.92. The molecule has 1 aliphatic carbocycles. The van der Waals surface area contributed by atoms with Crippen LogP contribution in [0.3, 0.4) is 0 Å². The Morgan fingerprint density at radius 2 is 2.05 bits per heavy atom. The highest BCUT2D eigenvalue weighted by Crippen LogP contribution is 2.44. The lowest BCUT2D eigenvalue weighted by atomic mass is 9.81. The Hall–Kier alpha value is -1.21. The molecule has 118 valence electrons. The van der Waals surface area contributed by atoms with Gasteiger partial charge in [-0.15, -0.1) is 11.3 Å². The zero-order valence-corrected chi connectivity index (χ0v) is 14.2. The maximum Gasteiger partial charge on any atom is 0.157 e. The summed E-state index contributed by atoms with van der Waals surface area (Å²) in [6, 6.07) is 0. The van der Waals surface area contributed by atoms with Crippen molar-refractivity contribution in [2.24, 2.45) is 0 Å². The molecule has 1 saturated heterocycles. The third kappa shape index (κ3) is 1.98. The fraction of sp³-hybridized carbons (Fsp3) is 0.600. The lowest BCUT2D eigenvalue weighted by Gasteiger charge is -2.40. The normalized spacial score (nSPS) is 23.4. The number of aryl methyl sites for hydroxylation is 1. The lowest BCUT2D eigenvalue weighted by molar-refractivity contribution is 0.324. The summed E-state index contributed by atoms with van der Waals surface area (Å²) in [6.07, 6.45) is 5.02. The second-order valence-electron chi connectivity index (χ2n) is 6.39. The first-order valence-corrected chi connectivity index (χ1v) is 10.2. The van der Waals surface area contributed by atoms with E-state index in [1.54, 1.807) is 17.7 Å². The van der Waals surface area contributed by atoms with Crippen LogP contribution in [0.25, 0.3) is 10.2 Å². The van der Waals surface area contributed by atoms with Gasteiger partial charge in [-0.25, -0.2) is 18.4 Å². The molecule has 4 rings (SSSR count). The summed E-state index contributed by atoms with van der Waals surface area (Å²) >= 11 is 1.62. The van der Waals surface area contributed by atoms with Gasteiger partial charge in [0.25, 0.3) is 0 Å². The average Bonchev–Trinajstić information content (AvgIpc) is 2.75. The van der Waals surface area contributed by atoms with Gasteiger partial charge in [0.2, 0.25) is 0 Å². The van der Waals surface area contributed by atoms with Crippen LogP contribution >= 0.6 is 11.3 Å². The SMILES string of the molecule is Cc1csc2ncnc(N3CCC4(CCC4)S(=O)(=O)CC3)c12. The van der Waals surface area contributed by atoms with E-state index in [2.05, 4.69) is 27.2 Å². The second kappa shape index (κ2) is 4.89. The number of hydrogen-bond donors (Lipinski definition) is 0. The first-order valence-electron chi connectivity index (χ1n) is 7.68. The number of sulfone groups is 1. The van der Waals surface area contributed by atoms with Gasteiger partial charge in [-0.2, -0.15) is 0 Å². The van der Waals surface area contributed by atoms with Crippen molar-refractivity contribution < 1.29 is 8.42 Å². The molecule has 7 heteroatoms. The number of anilines is 1. The predicted molar refractivity (Wildman–Crippen MR) is 89.4 cm³/mol. The summed E-state index contributed by atoms with van der Waals surface area (Å²) in [5, 5.41) is 3.17. The van der Waals surface area contributed by atoms with E-state index < -0.39 is 14.6 Å². The van der Waals surface area contributed by atoms with Gasteiger partial charge in [-0.3, -0.25) is 0 Å². The third-order valence-electron chi connectivity index (χ3n) is 5.23. The zero-order chi connectivity index (χ0) is 15.4. The minimum Gasteiger partial charge on any atom is -0.355 e. The molecular formula is C15H19N3O2S2. The van der Waals surface area contributed by atoms with Crippen LogP contribution in [0.1, 0.15) is 31.2 Å². The van der Waals surface area contributed by atoms with E-state index in [-0.39, 0.29) is 5.75 Å². The van der Waals surface area contributed by atoms with E-state index in [0.29, 0.717) is 6.54 Å². The fourth-order valence-corrected chi connectivity index (χ4v) is 6.73. The Morgan fingerprint density at radius 3 is 2.77 bits per heavy atom. The molecule has 0 radical (unpaired) electrons. The monoisotopic (exact) mass is 337 g/mol. The van der Waals surface area contributed by atoms with Crippen molar-refractivity contribution in [2.45, 2.75) is 37.4 Å². The van der Waals surface area contributed by atoms with E-state index in [1.165, 1.54) is 5.56 Å². The quantitative estimate of drug-likeness (QED) is 0.800. The van der Waals surface area contributed by atoms with Crippen molar-refractivity contribution in [1.82, 2.24) is 9.97 Å². The molecule has 22 heavy (non-hydrogen) atoms. The predicted octanol–water partition coefficient (Wildman–Crippen LogP) is 2.55. The molecule has 0 atom stereocenters. The van der Waals surface area contributed by atoms with Crippen LogP contribution in [0.2, 0.25) is 0 Å². The van der Waals surface area contributed by atoms with Gasteiger partial charge < -0.3 is 4.90 Å². The Bertz CT molecular complexity index is 824. The van der Waals surface area contributed by atoms with Gasteiger partial charge in [0.15, 0.2) is 9.84 Å². The highest BCUT2D eigenvalue weighted by Gasteiger charge is 2.49. The molecule has 0 N–H and O–H groups in total. The summed E-state index contributed by atoms with van der Waals surface area (Å²) in [5.41, 5.74) is 1.17. The zero-order valence-electron chi connectivity index (χ0n) is 12.6. The van der Waals surface area contributed by atoms with Crippen LogP contribution in [-0.4, -0.2) is 42.0 Å². The van der Waals surface area contributed by atoms with Crippen molar-refractivity contribution in [2.75, 3.05) is 23.7 Å². The number of fused-ring (bicyclic) bond motifs is 1. The third-order valence-corrected chi connectivity index (χ3v) is 8.88. The fourth-order valence-electron chi connectivity index (χ4n) is 3.63. The maximum atomic E-state index is 12.6. The summed E-state index contributed by atoms with van der Waals surface area (Å²) < 4.78 is 24.8. The van der Waals surface area contributed by atoms with E-state index >= 15 is 0 Å². The summed E-state index contributed by atoms with van der Waals surface area (Å²) in [5.74, 6) is 1.14. The molecule has 2 aromatic heterocycles. The molecule has 5 nitrogen and oxygen atoms in total. The first kappa shape index (κ1) is 14.4. The molecule has 0 aromatic carbocycles. The molecular weight excluding hydrogens is 318 g/mol. The number of aromatic nitrogens is 2. The summed E-state index contributed by atoms with van der Waals surface area (Å²) in [7, 11) is -3.00. The molecule has 1 spiro atoms. The van der Waals surface area contributed by atoms with Gasteiger partial charge in [-0.1, -0.05) is 6.42 Å². The van der Waals surface area contributed by atoms with E-state index in [1.807, 2.05) is 0 Å². The molecule has 3 heterocycles. The Labute approximate surface area is 134 Å². The van der Waals surface area contributed by atoms with Gasteiger partial charge in [0.05, 0.1) is 15.9 Å². The Morgan fingerprint density at radius 1 is 1.23 bits per heavy atom. The number of thiophene rings is 1. The van der Waals surface area contributed by atoms with Crippen molar-refractivity contribution in [1.29, 1.82) is 0 Å². The highest BCUT2D eigenvalue weighted by atomic mass is 32.2. The number of nitrogens with zero attached hydrogens (tertiary/aromatic N) is 3. The topological polar surface area (TPSA) is 63.2 Å². The average molecular weight is 337 g/mol. The van der Waals surface area contributed by atoms with Crippen molar-refractivity contribution in [3.8, 4) is 0 Å². The van der Waals surface area contributed by atoms with Crippen molar-refractivity contribution in [3.63, 3.8) is 0 Å². The van der Waals surface area contributed by atoms with Crippen LogP contribution < -0.4 is 4.90 Å². The molecule has 2 aliphatic rings. The van der Waals surface area contributed by atoms with Gasteiger partial charge in [-0.05, 0) is 37.1 Å². The molecule has 0 unspecified atom stereocenters. The van der Waals surface area contributed by atoms with Gasteiger partial charge in [0.1, 0.15) is 17.0 Å². The van der Waals surface area contributed by atoms with Crippen molar-refractivity contribution in [3.05, 3.63) is 17.3 Å².